The maximum atomic E-state index is 5.81. The van der Waals surface area contributed by atoms with Crippen molar-refractivity contribution in [3.8, 4) is 0 Å². The molecule has 56 valence electrons. The number of rotatable bonds is 1. The molecule has 1 aromatic heterocycles. The molecule has 0 saturated carbocycles. The minimum Gasteiger partial charge on any atom is -0.179 e. The fourth-order valence-corrected chi connectivity index (χ4v) is 2.35. The van der Waals surface area contributed by atoms with Gasteiger partial charge in [-0.15, -0.1) is 0 Å². The maximum Gasteiger partial charge on any atom is 0.147 e. The Bertz CT molecular complexity index is 212. The first-order valence-electron chi connectivity index (χ1n) is 2.93. The predicted octanol–water partition coefficient (Wildman–Crippen LogP) is 3.57. The molecule has 0 aliphatic heterocycles. The number of hydrogen-bond acceptors (Lipinski definition) is 2. The van der Waals surface area contributed by atoms with Gasteiger partial charge >= 0.3 is 0 Å². The Morgan fingerprint density at radius 2 is 2.00 bits per heavy atom. The summed E-state index contributed by atoms with van der Waals surface area (Å²) in [7, 11) is 0. The third-order valence-electron chi connectivity index (χ3n) is 1.22. The van der Waals surface area contributed by atoms with Gasteiger partial charge in [-0.3, -0.25) is 0 Å². The van der Waals surface area contributed by atoms with Crippen molar-refractivity contribution < 1.29 is 0 Å². The van der Waals surface area contributed by atoms with Gasteiger partial charge in [0.1, 0.15) is 9.49 Å². The van der Waals surface area contributed by atoms with Crippen LogP contribution in [0.3, 0.4) is 0 Å². The molecule has 0 spiro atoms. The van der Waals surface area contributed by atoms with Crippen molar-refractivity contribution in [3.63, 3.8) is 0 Å². The molecule has 0 unspecified atom stereocenters. The van der Waals surface area contributed by atoms with E-state index in [0.717, 1.165) is 5.56 Å². The fraction of sp³-hybridized carbons (Fsp3) is 0.500. The first kappa shape index (κ1) is 8.31. The third kappa shape index (κ3) is 1.44. The minimum atomic E-state index is 0.360. The van der Waals surface area contributed by atoms with Crippen molar-refractivity contribution >= 4 is 34.7 Å². The molecule has 0 amide bonds. The van der Waals surface area contributed by atoms with Gasteiger partial charge in [0.2, 0.25) is 0 Å². The summed E-state index contributed by atoms with van der Waals surface area (Å²) < 4.78 is 4.62. The zero-order chi connectivity index (χ0) is 7.72. The van der Waals surface area contributed by atoms with Gasteiger partial charge in [0, 0.05) is 5.56 Å². The largest absolute Gasteiger partial charge is 0.179 e. The van der Waals surface area contributed by atoms with Crippen molar-refractivity contribution in [1.29, 1.82) is 0 Å². The van der Waals surface area contributed by atoms with Crippen molar-refractivity contribution in [2.45, 2.75) is 19.8 Å². The standard InChI is InChI=1S/C6H7Cl2NS/c1-3(2)4-5(7)9-10-6(4)8/h3H,1-2H3. The number of nitrogens with zero attached hydrogens (tertiary/aromatic N) is 1. The minimum absolute atomic E-state index is 0.360. The third-order valence-corrected chi connectivity index (χ3v) is 2.67. The molecule has 0 fully saturated rings. The van der Waals surface area contributed by atoms with Crippen LogP contribution in [0.25, 0.3) is 0 Å². The predicted molar refractivity (Wildman–Crippen MR) is 46.2 cm³/mol. The van der Waals surface area contributed by atoms with E-state index in [4.69, 9.17) is 23.2 Å². The van der Waals surface area contributed by atoms with Crippen molar-refractivity contribution in [2.75, 3.05) is 0 Å². The van der Waals surface area contributed by atoms with Gasteiger partial charge in [-0.1, -0.05) is 37.0 Å². The van der Waals surface area contributed by atoms with Crippen LogP contribution in [0.1, 0.15) is 25.3 Å². The van der Waals surface area contributed by atoms with E-state index in [1.807, 2.05) is 13.8 Å². The van der Waals surface area contributed by atoms with E-state index in [2.05, 4.69) is 4.37 Å². The fourth-order valence-electron chi connectivity index (χ4n) is 0.725. The maximum absolute atomic E-state index is 5.81. The molecule has 1 rings (SSSR count). The average Bonchev–Trinajstić information content (AvgIpc) is 2.11. The average molecular weight is 196 g/mol. The summed E-state index contributed by atoms with van der Waals surface area (Å²) in [6, 6.07) is 0. The Morgan fingerprint density at radius 1 is 1.40 bits per heavy atom. The van der Waals surface area contributed by atoms with Crippen molar-refractivity contribution in [1.82, 2.24) is 4.37 Å². The smallest absolute Gasteiger partial charge is 0.147 e. The monoisotopic (exact) mass is 195 g/mol. The van der Waals surface area contributed by atoms with Gasteiger partial charge < -0.3 is 0 Å². The Balaban J connectivity index is 3.10. The molecule has 0 aliphatic carbocycles. The van der Waals surface area contributed by atoms with E-state index in [9.17, 15) is 0 Å². The molecule has 0 saturated heterocycles. The number of aromatic nitrogens is 1. The van der Waals surface area contributed by atoms with E-state index in [-0.39, 0.29) is 0 Å². The highest BCUT2D eigenvalue weighted by Gasteiger charge is 2.12. The van der Waals surface area contributed by atoms with Crippen LogP contribution in [0, 0.1) is 0 Å². The first-order chi connectivity index (χ1) is 4.63. The topological polar surface area (TPSA) is 12.9 Å². The number of hydrogen-bond donors (Lipinski definition) is 0. The Kier molecular flexibility index (Phi) is 2.55. The Labute approximate surface area is 74.1 Å². The summed E-state index contributed by atoms with van der Waals surface area (Å²) in [5, 5.41) is 0.546. The summed E-state index contributed by atoms with van der Waals surface area (Å²) in [5.41, 5.74) is 0.966. The molecule has 4 heteroatoms. The first-order valence-corrected chi connectivity index (χ1v) is 4.46. The van der Waals surface area contributed by atoms with Crippen molar-refractivity contribution in [3.05, 3.63) is 15.1 Å². The van der Waals surface area contributed by atoms with Crippen LogP contribution in [0.5, 0.6) is 0 Å². The number of halogens is 2. The van der Waals surface area contributed by atoms with E-state index in [0.29, 0.717) is 15.4 Å². The molecule has 0 N–H and O–H groups in total. The van der Waals surface area contributed by atoms with E-state index in [1.165, 1.54) is 11.5 Å². The molecule has 10 heavy (non-hydrogen) atoms. The lowest BCUT2D eigenvalue weighted by atomic mass is 10.1. The Hall–Kier alpha value is 0.210. The molecule has 0 aromatic carbocycles. The van der Waals surface area contributed by atoms with Gasteiger partial charge in [-0.25, -0.2) is 0 Å². The molecular weight excluding hydrogens is 189 g/mol. The Morgan fingerprint density at radius 3 is 2.20 bits per heavy atom. The molecule has 0 bridgehead atoms. The van der Waals surface area contributed by atoms with Gasteiger partial charge in [0.25, 0.3) is 0 Å². The van der Waals surface area contributed by atoms with Gasteiger partial charge in [-0.2, -0.15) is 4.37 Å². The van der Waals surface area contributed by atoms with Crippen molar-refractivity contribution in [2.24, 2.45) is 0 Å². The molecule has 1 aromatic rings. The molecule has 0 radical (unpaired) electrons. The summed E-state index contributed by atoms with van der Waals surface area (Å²) in [6.07, 6.45) is 0. The summed E-state index contributed by atoms with van der Waals surface area (Å²) in [6.45, 7) is 4.09. The summed E-state index contributed by atoms with van der Waals surface area (Å²) >= 11 is 12.8. The zero-order valence-corrected chi connectivity index (χ0v) is 8.02. The second-order valence-electron chi connectivity index (χ2n) is 2.32. The van der Waals surface area contributed by atoms with E-state index >= 15 is 0 Å². The van der Waals surface area contributed by atoms with Gasteiger partial charge in [0.15, 0.2) is 0 Å². The SMILES string of the molecule is CC(C)c1c(Cl)nsc1Cl. The second-order valence-corrected chi connectivity index (χ2v) is 4.05. The normalized spacial score (nSPS) is 10.9. The molecular formula is C6H7Cl2NS. The molecule has 0 atom stereocenters. The second kappa shape index (κ2) is 3.07. The summed E-state index contributed by atoms with van der Waals surface area (Å²) in [5.74, 6) is 0.360. The van der Waals surface area contributed by atoms with E-state index in [1.54, 1.807) is 0 Å². The quantitative estimate of drug-likeness (QED) is 0.668. The van der Waals surface area contributed by atoms with Gasteiger partial charge in [0.05, 0.1) is 0 Å². The van der Waals surface area contributed by atoms with Crippen LogP contribution in [0.2, 0.25) is 9.49 Å². The van der Waals surface area contributed by atoms with Crippen LogP contribution in [0.4, 0.5) is 0 Å². The zero-order valence-electron chi connectivity index (χ0n) is 5.69. The highest BCUT2D eigenvalue weighted by molar-refractivity contribution is 7.11. The van der Waals surface area contributed by atoms with Crippen LogP contribution >= 0.6 is 34.7 Å². The lowest BCUT2D eigenvalue weighted by molar-refractivity contribution is 0.869. The van der Waals surface area contributed by atoms with E-state index < -0.39 is 0 Å². The molecule has 1 heterocycles. The van der Waals surface area contributed by atoms with Crippen LogP contribution in [-0.4, -0.2) is 4.37 Å². The highest BCUT2D eigenvalue weighted by Crippen LogP contribution is 2.33. The molecule has 1 nitrogen and oxygen atoms in total. The lowest BCUT2D eigenvalue weighted by Gasteiger charge is -2.00. The van der Waals surface area contributed by atoms with Crippen LogP contribution < -0.4 is 0 Å². The van der Waals surface area contributed by atoms with Crippen LogP contribution in [-0.2, 0) is 0 Å². The van der Waals surface area contributed by atoms with Crippen LogP contribution in [0.15, 0.2) is 0 Å². The lowest BCUT2D eigenvalue weighted by Crippen LogP contribution is -1.84. The molecule has 0 aliphatic rings. The van der Waals surface area contributed by atoms with Gasteiger partial charge in [-0.05, 0) is 17.5 Å². The summed E-state index contributed by atoms with van der Waals surface area (Å²) in [4.78, 5) is 0. The highest BCUT2D eigenvalue weighted by atomic mass is 35.5.